The third-order valence-corrected chi connectivity index (χ3v) is 6.53. The van der Waals surface area contributed by atoms with Gasteiger partial charge in [-0.15, -0.1) is 0 Å². The molecule has 116 valence electrons. The lowest BCUT2D eigenvalue weighted by atomic mass is 9.91. The Labute approximate surface area is 126 Å². The van der Waals surface area contributed by atoms with Gasteiger partial charge in [0.1, 0.15) is 0 Å². The summed E-state index contributed by atoms with van der Waals surface area (Å²) in [5.41, 5.74) is 2.44. The minimum atomic E-state index is -3.23. The van der Waals surface area contributed by atoms with E-state index in [9.17, 15) is 8.42 Å². The summed E-state index contributed by atoms with van der Waals surface area (Å²) in [5, 5.41) is -0.327. The Balaban J connectivity index is 1.76. The van der Waals surface area contributed by atoms with E-state index in [1.54, 1.807) is 0 Å². The lowest BCUT2D eigenvalue weighted by molar-refractivity contribution is 0.0569. The average Bonchev–Trinajstić information content (AvgIpc) is 3.25. The zero-order valence-electron chi connectivity index (χ0n) is 12.4. The van der Waals surface area contributed by atoms with Gasteiger partial charge in [-0.2, -0.15) is 0 Å². The molecular formula is C16H23NO3S. The summed E-state index contributed by atoms with van der Waals surface area (Å²) in [4.78, 5) is 0. The summed E-state index contributed by atoms with van der Waals surface area (Å²) >= 11 is 0. The van der Waals surface area contributed by atoms with Crippen LogP contribution in [-0.2, 0) is 21.2 Å². The number of aryl methyl sites for hydroxylation is 1. The molecule has 1 saturated heterocycles. The Morgan fingerprint density at radius 2 is 2.00 bits per heavy atom. The molecule has 0 radical (unpaired) electrons. The van der Waals surface area contributed by atoms with Crippen molar-refractivity contribution in [3.63, 3.8) is 0 Å². The van der Waals surface area contributed by atoms with Crippen LogP contribution < -0.4 is 4.72 Å². The zero-order valence-corrected chi connectivity index (χ0v) is 13.2. The van der Waals surface area contributed by atoms with Crippen molar-refractivity contribution in [2.24, 2.45) is 5.92 Å². The zero-order chi connectivity index (χ0) is 14.9. The van der Waals surface area contributed by atoms with Gasteiger partial charge in [0.25, 0.3) is 0 Å². The second-order valence-electron chi connectivity index (χ2n) is 6.23. The molecule has 5 heteroatoms. The highest BCUT2D eigenvalue weighted by Gasteiger charge is 2.39. The molecule has 1 aromatic rings. The van der Waals surface area contributed by atoms with Crippen LogP contribution in [0, 0.1) is 12.8 Å². The van der Waals surface area contributed by atoms with Crippen molar-refractivity contribution in [3.8, 4) is 0 Å². The smallest absolute Gasteiger partial charge is 0.215 e. The van der Waals surface area contributed by atoms with Crippen molar-refractivity contribution in [2.45, 2.75) is 43.9 Å². The van der Waals surface area contributed by atoms with E-state index in [2.05, 4.69) is 23.8 Å². The van der Waals surface area contributed by atoms with Crippen molar-refractivity contribution in [1.29, 1.82) is 0 Å². The highest BCUT2D eigenvalue weighted by molar-refractivity contribution is 7.90. The van der Waals surface area contributed by atoms with Crippen LogP contribution in [-0.4, -0.2) is 32.9 Å². The van der Waals surface area contributed by atoms with E-state index in [1.165, 1.54) is 11.1 Å². The standard InChI is InChI=1S/C16H23NO3S/c1-12-4-2-3-5-13(12)10-14-11-20-9-8-16(14)21(18,19)17-15-6-7-15/h2-5,14-17H,6-11H2,1H3/t14-,16+/m0/s1. The quantitative estimate of drug-likeness (QED) is 0.905. The van der Waals surface area contributed by atoms with Gasteiger partial charge in [-0.1, -0.05) is 24.3 Å². The molecule has 0 bridgehead atoms. The van der Waals surface area contributed by atoms with E-state index < -0.39 is 10.0 Å². The van der Waals surface area contributed by atoms with Crippen molar-refractivity contribution < 1.29 is 13.2 Å². The molecule has 0 aromatic heterocycles. The molecule has 2 atom stereocenters. The van der Waals surface area contributed by atoms with Crippen LogP contribution in [0.15, 0.2) is 24.3 Å². The largest absolute Gasteiger partial charge is 0.381 e. The molecule has 3 rings (SSSR count). The highest BCUT2D eigenvalue weighted by Crippen LogP contribution is 2.28. The summed E-state index contributed by atoms with van der Waals surface area (Å²) in [7, 11) is -3.23. The second-order valence-corrected chi connectivity index (χ2v) is 8.16. The molecule has 0 unspecified atom stereocenters. The SMILES string of the molecule is Cc1ccccc1C[C@H]1COCC[C@H]1S(=O)(=O)NC1CC1. The Bertz CT molecular complexity index is 595. The summed E-state index contributed by atoms with van der Waals surface area (Å²) in [6.07, 6.45) is 3.32. The van der Waals surface area contributed by atoms with Gasteiger partial charge in [0, 0.05) is 18.6 Å². The van der Waals surface area contributed by atoms with Crippen LogP contribution in [0.3, 0.4) is 0 Å². The van der Waals surface area contributed by atoms with Crippen molar-refractivity contribution in [1.82, 2.24) is 4.72 Å². The highest BCUT2D eigenvalue weighted by atomic mass is 32.2. The van der Waals surface area contributed by atoms with Gasteiger partial charge >= 0.3 is 0 Å². The molecule has 1 saturated carbocycles. The lowest BCUT2D eigenvalue weighted by Crippen LogP contribution is -2.45. The molecule has 1 aliphatic carbocycles. The molecule has 0 spiro atoms. The van der Waals surface area contributed by atoms with Crippen LogP contribution in [0.2, 0.25) is 0 Å². The fraction of sp³-hybridized carbons (Fsp3) is 0.625. The lowest BCUT2D eigenvalue weighted by Gasteiger charge is -2.31. The molecule has 0 amide bonds. The van der Waals surface area contributed by atoms with Gasteiger partial charge in [0.15, 0.2) is 0 Å². The summed E-state index contributed by atoms with van der Waals surface area (Å²) in [6.45, 7) is 3.15. The first-order chi connectivity index (χ1) is 10.1. The maximum absolute atomic E-state index is 12.6. The maximum Gasteiger partial charge on any atom is 0.215 e. The predicted octanol–water partition coefficient (Wildman–Crippen LogP) is 2.02. The van der Waals surface area contributed by atoms with Gasteiger partial charge in [-0.25, -0.2) is 13.1 Å². The predicted molar refractivity (Wildman–Crippen MR) is 82.7 cm³/mol. The number of sulfonamides is 1. The van der Waals surface area contributed by atoms with Gasteiger partial charge in [0.2, 0.25) is 10.0 Å². The first-order valence-corrected chi connectivity index (χ1v) is 9.24. The molecular weight excluding hydrogens is 286 g/mol. The Hall–Kier alpha value is -0.910. The molecule has 1 aromatic carbocycles. The van der Waals surface area contributed by atoms with E-state index in [1.807, 2.05) is 12.1 Å². The molecule has 1 aliphatic heterocycles. The first-order valence-electron chi connectivity index (χ1n) is 7.69. The topological polar surface area (TPSA) is 55.4 Å². The van der Waals surface area contributed by atoms with Gasteiger partial charge in [0.05, 0.1) is 11.9 Å². The first kappa shape index (κ1) is 15.0. The number of ether oxygens (including phenoxy) is 1. The number of benzene rings is 1. The fourth-order valence-electron chi connectivity index (χ4n) is 3.02. The van der Waals surface area contributed by atoms with E-state index in [0.717, 1.165) is 19.3 Å². The fourth-order valence-corrected chi connectivity index (χ4v) is 4.98. The third kappa shape index (κ3) is 3.65. The normalized spacial score (nSPS) is 26.7. The number of hydrogen-bond donors (Lipinski definition) is 1. The van der Waals surface area contributed by atoms with E-state index >= 15 is 0 Å². The maximum atomic E-state index is 12.6. The average molecular weight is 309 g/mol. The minimum Gasteiger partial charge on any atom is -0.381 e. The van der Waals surface area contributed by atoms with Crippen LogP contribution in [0.4, 0.5) is 0 Å². The summed E-state index contributed by atoms with van der Waals surface area (Å²) in [6, 6.07) is 8.36. The molecule has 4 nitrogen and oxygen atoms in total. The number of nitrogens with one attached hydrogen (secondary N) is 1. The summed E-state index contributed by atoms with van der Waals surface area (Å²) < 4.78 is 33.5. The Morgan fingerprint density at radius 1 is 1.24 bits per heavy atom. The van der Waals surface area contributed by atoms with Crippen LogP contribution in [0.25, 0.3) is 0 Å². The Morgan fingerprint density at radius 3 is 2.71 bits per heavy atom. The molecule has 1 heterocycles. The summed E-state index contributed by atoms with van der Waals surface area (Å²) in [5.74, 6) is 0.0381. The number of hydrogen-bond acceptors (Lipinski definition) is 3. The molecule has 2 fully saturated rings. The van der Waals surface area contributed by atoms with Crippen molar-refractivity contribution in [3.05, 3.63) is 35.4 Å². The minimum absolute atomic E-state index is 0.0381. The van der Waals surface area contributed by atoms with Crippen LogP contribution >= 0.6 is 0 Å². The number of rotatable bonds is 5. The van der Waals surface area contributed by atoms with Crippen LogP contribution in [0.5, 0.6) is 0 Å². The van der Waals surface area contributed by atoms with Crippen LogP contribution in [0.1, 0.15) is 30.4 Å². The monoisotopic (exact) mass is 309 g/mol. The Kier molecular flexibility index (Phi) is 4.33. The second kappa shape index (κ2) is 6.07. The van der Waals surface area contributed by atoms with Crippen molar-refractivity contribution in [2.75, 3.05) is 13.2 Å². The van der Waals surface area contributed by atoms with Gasteiger partial charge < -0.3 is 4.74 Å². The van der Waals surface area contributed by atoms with Gasteiger partial charge in [-0.3, -0.25) is 0 Å². The molecule has 2 aliphatic rings. The van der Waals surface area contributed by atoms with Gasteiger partial charge in [-0.05, 0) is 43.7 Å². The van der Waals surface area contributed by atoms with E-state index in [4.69, 9.17) is 4.74 Å². The molecule has 1 N–H and O–H groups in total. The third-order valence-electron chi connectivity index (χ3n) is 4.45. The van der Waals surface area contributed by atoms with E-state index in [0.29, 0.717) is 19.6 Å². The van der Waals surface area contributed by atoms with Crippen molar-refractivity contribution >= 4 is 10.0 Å². The molecule has 21 heavy (non-hydrogen) atoms. The van der Waals surface area contributed by atoms with E-state index in [-0.39, 0.29) is 17.2 Å².